The summed E-state index contributed by atoms with van der Waals surface area (Å²) in [6, 6.07) is 4.08. The highest BCUT2D eigenvalue weighted by atomic mass is 16.5. The molecule has 2 atom stereocenters. The third kappa shape index (κ3) is 3.47. The van der Waals surface area contributed by atoms with Gasteiger partial charge in [-0.3, -0.25) is 0 Å². The van der Waals surface area contributed by atoms with Gasteiger partial charge in [0.05, 0.1) is 12.7 Å². The second kappa shape index (κ2) is 6.76. The van der Waals surface area contributed by atoms with Crippen LogP contribution in [0.2, 0.25) is 0 Å². The van der Waals surface area contributed by atoms with E-state index in [1.165, 1.54) is 0 Å². The molecule has 0 aromatic heterocycles. The van der Waals surface area contributed by atoms with Crippen LogP contribution in [0, 0.1) is 13.8 Å². The first-order valence-corrected chi connectivity index (χ1v) is 6.66. The molecule has 1 aromatic rings. The van der Waals surface area contributed by atoms with E-state index in [-0.39, 0.29) is 6.04 Å². The van der Waals surface area contributed by atoms with Crippen molar-refractivity contribution in [1.82, 2.24) is 5.32 Å². The van der Waals surface area contributed by atoms with Gasteiger partial charge in [-0.1, -0.05) is 6.92 Å². The Morgan fingerprint density at radius 2 is 1.89 bits per heavy atom. The van der Waals surface area contributed by atoms with Crippen LogP contribution in [0.15, 0.2) is 12.1 Å². The molecular weight excluding hydrogens is 226 g/mol. The Morgan fingerprint density at radius 1 is 1.22 bits per heavy atom. The van der Waals surface area contributed by atoms with E-state index in [1.807, 2.05) is 46.8 Å². The highest BCUT2D eigenvalue weighted by Gasteiger charge is 2.18. The zero-order chi connectivity index (χ0) is 13.7. The lowest BCUT2D eigenvalue weighted by molar-refractivity contribution is 0.136. The number of rotatable bonds is 6. The second-order valence-corrected chi connectivity index (χ2v) is 4.70. The first kappa shape index (κ1) is 15.0. The minimum atomic E-state index is -0.487. The number of benzene rings is 1. The molecule has 0 saturated carbocycles. The van der Waals surface area contributed by atoms with Crippen LogP contribution in [0.3, 0.4) is 0 Å². The van der Waals surface area contributed by atoms with Crippen LogP contribution in [0.5, 0.6) is 5.75 Å². The summed E-state index contributed by atoms with van der Waals surface area (Å²) in [4.78, 5) is 0. The van der Waals surface area contributed by atoms with Crippen LogP contribution in [-0.4, -0.2) is 24.3 Å². The summed E-state index contributed by atoms with van der Waals surface area (Å²) < 4.78 is 5.56. The van der Waals surface area contributed by atoms with Gasteiger partial charge in [0.15, 0.2) is 0 Å². The van der Waals surface area contributed by atoms with Gasteiger partial charge in [-0.15, -0.1) is 0 Å². The molecule has 18 heavy (non-hydrogen) atoms. The quantitative estimate of drug-likeness (QED) is 0.817. The van der Waals surface area contributed by atoms with E-state index >= 15 is 0 Å². The van der Waals surface area contributed by atoms with Crippen molar-refractivity contribution in [1.29, 1.82) is 0 Å². The largest absolute Gasteiger partial charge is 0.494 e. The van der Waals surface area contributed by atoms with Crippen LogP contribution < -0.4 is 10.1 Å². The Bertz CT molecular complexity index is 390. The summed E-state index contributed by atoms with van der Waals surface area (Å²) in [5, 5.41) is 13.6. The summed E-state index contributed by atoms with van der Waals surface area (Å²) in [5.41, 5.74) is 3.12. The van der Waals surface area contributed by atoms with Gasteiger partial charge in [-0.2, -0.15) is 0 Å². The molecule has 0 aliphatic heterocycles. The fraction of sp³-hybridized carbons (Fsp3) is 0.600. The number of nitrogens with one attached hydrogen (secondary N) is 1. The molecule has 0 radical (unpaired) electrons. The molecule has 0 spiro atoms. The smallest absolute Gasteiger partial charge is 0.122 e. The number of likely N-dealkylation sites (N-methyl/N-ethyl adjacent to an activating group) is 1. The van der Waals surface area contributed by atoms with Gasteiger partial charge >= 0.3 is 0 Å². The molecule has 0 aliphatic carbocycles. The van der Waals surface area contributed by atoms with Gasteiger partial charge < -0.3 is 15.2 Å². The number of hydrogen-bond acceptors (Lipinski definition) is 3. The molecule has 0 amide bonds. The minimum absolute atomic E-state index is 0.0473. The second-order valence-electron chi connectivity index (χ2n) is 4.70. The van der Waals surface area contributed by atoms with Gasteiger partial charge in [0.1, 0.15) is 5.75 Å². The maximum Gasteiger partial charge on any atom is 0.122 e. The normalized spacial score (nSPS) is 14.3. The molecule has 1 rings (SSSR count). The molecule has 0 saturated heterocycles. The summed E-state index contributed by atoms with van der Waals surface area (Å²) in [7, 11) is 0. The van der Waals surface area contributed by atoms with Crippen molar-refractivity contribution < 1.29 is 9.84 Å². The number of hydrogen-bond donors (Lipinski definition) is 2. The van der Waals surface area contributed by atoms with E-state index in [0.717, 1.165) is 29.0 Å². The molecule has 3 nitrogen and oxygen atoms in total. The molecular formula is C15H25NO2. The highest BCUT2D eigenvalue weighted by Crippen LogP contribution is 2.28. The van der Waals surface area contributed by atoms with Gasteiger partial charge in [0.25, 0.3) is 0 Å². The van der Waals surface area contributed by atoms with E-state index in [9.17, 15) is 5.11 Å². The third-order valence-electron chi connectivity index (χ3n) is 3.18. The number of aliphatic hydroxyl groups excluding tert-OH is 1. The van der Waals surface area contributed by atoms with E-state index in [2.05, 4.69) is 5.32 Å². The van der Waals surface area contributed by atoms with Gasteiger partial charge in [0.2, 0.25) is 0 Å². The van der Waals surface area contributed by atoms with Crippen molar-refractivity contribution in [3.63, 3.8) is 0 Å². The van der Waals surface area contributed by atoms with Crippen LogP contribution in [-0.2, 0) is 0 Å². The Kier molecular flexibility index (Phi) is 5.63. The molecule has 1 aromatic carbocycles. The van der Waals surface area contributed by atoms with E-state index < -0.39 is 6.10 Å². The molecule has 0 bridgehead atoms. The summed E-state index contributed by atoms with van der Waals surface area (Å²) in [5.74, 6) is 0.905. The van der Waals surface area contributed by atoms with Crippen LogP contribution in [0.1, 0.15) is 43.6 Å². The van der Waals surface area contributed by atoms with Crippen LogP contribution >= 0.6 is 0 Å². The Labute approximate surface area is 110 Å². The summed E-state index contributed by atoms with van der Waals surface area (Å²) in [6.07, 6.45) is -0.487. The number of aliphatic hydroxyl groups is 1. The SMILES string of the molecule is CCNC(C)C(O)c1cc(C)c(OCC)cc1C. The van der Waals surface area contributed by atoms with Gasteiger partial charge in [0, 0.05) is 6.04 Å². The topological polar surface area (TPSA) is 41.5 Å². The maximum atomic E-state index is 10.3. The first-order chi connectivity index (χ1) is 8.51. The zero-order valence-corrected chi connectivity index (χ0v) is 12.1. The van der Waals surface area contributed by atoms with Crippen molar-refractivity contribution >= 4 is 0 Å². The van der Waals surface area contributed by atoms with Crippen molar-refractivity contribution in [2.24, 2.45) is 0 Å². The van der Waals surface area contributed by atoms with Crippen molar-refractivity contribution in [2.45, 2.75) is 46.8 Å². The first-order valence-electron chi connectivity index (χ1n) is 6.66. The lowest BCUT2D eigenvalue weighted by atomic mass is 9.96. The van der Waals surface area contributed by atoms with E-state index in [0.29, 0.717) is 6.61 Å². The average Bonchev–Trinajstić information content (AvgIpc) is 2.33. The standard InChI is InChI=1S/C15H25NO2/c1-6-16-12(5)15(17)13-8-11(4)14(18-7-2)9-10(13)3/h8-9,12,15-17H,6-7H2,1-5H3. The predicted octanol–water partition coefficient (Wildman–Crippen LogP) is 2.73. The zero-order valence-electron chi connectivity index (χ0n) is 12.1. The molecule has 3 heteroatoms. The number of ether oxygens (including phenoxy) is 1. The summed E-state index contributed by atoms with van der Waals surface area (Å²) in [6.45, 7) is 11.6. The highest BCUT2D eigenvalue weighted by molar-refractivity contribution is 5.42. The van der Waals surface area contributed by atoms with Crippen molar-refractivity contribution in [2.75, 3.05) is 13.2 Å². The molecule has 2 unspecified atom stereocenters. The lowest BCUT2D eigenvalue weighted by Gasteiger charge is -2.23. The third-order valence-corrected chi connectivity index (χ3v) is 3.18. The Morgan fingerprint density at radius 3 is 2.44 bits per heavy atom. The molecule has 0 fully saturated rings. The fourth-order valence-corrected chi connectivity index (χ4v) is 2.14. The number of aryl methyl sites for hydroxylation is 2. The lowest BCUT2D eigenvalue weighted by Crippen LogP contribution is -2.32. The Balaban J connectivity index is 2.99. The fourth-order valence-electron chi connectivity index (χ4n) is 2.14. The molecule has 102 valence electrons. The molecule has 0 aliphatic rings. The van der Waals surface area contributed by atoms with Crippen LogP contribution in [0.4, 0.5) is 0 Å². The van der Waals surface area contributed by atoms with Crippen LogP contribution in [0.25, 0.3) is 0 Å². The van der Waals surface area contributed by atoms with E-state index in [4.69, 9.17) is 4.74 Å². The maximum absolute atomic E-state index is 10.3. The van der Waals surface area contributed by atoms with Gasteiger partial charge in [-0.05, 0) is 63.1 Å². The molecule has 2 N–H and O–H groups in total. The monoisotopic (exact) mass is 251 g/mol. The minimum Gasteiger partial charge on any atom is -0.494 e. The van der Waals surface area contributed by atoms with E-state index in [1.54, 1.807) is 0 Å². The molecule has 0 heterocycles. The van der Waals surface area contributed by atoms with Crippen molar-refractivity contribution in [3.8, 4) is 5.75 Å². The Hall–Kier alpha value is -1.06. The van der Waals surface area contributed by atoms with Crippen molar-refractivity contribution in [3.05, 3.63) is 28.8 Å². The van der Waals surface area contributed by atoms with Gasteiger partial charge in [-0.25, -0.2) is 0 Å². The average molecular weight is 251 g/mol. The summed E-state index contributed by atoms with van der Waals surface area (Å²) >= 11 is 0. The predicted molar refractivity (Wildman–Crippen MR) is 75.2 cm³/mol.